The van der Waals surface area contributed by atoms with Crippen LogP contribution >= 0.6 is 0 Å². The normalized spacial score (nSPS) is 45.2. The van der Waals surface area contributed by atoms with E-state index in [4.69, 9.17) is 0 Å². The summed E-state index contributed by atoms with van der Waals surface area (Å²) in [6.45, 7) is 18.2. The third-order valence-corrected chi connectivity index (χ3v) is 15.1. The minimum atomic E-state index is -1.03. The van der Waals surface area contributed by atoms with E-state index in [1.165, 1.54) is 5.57 Å². The molecule has 6 nitrogen and oxygen atoms in total. The molecule has 0 unspecified atom stereocenters. The second-order valence-corrected chi connectivity index (χ2v) is 18.3. The van der Waals surface area contributed by atoms with Gasteiger partial charge in [-0.1, -0.05) is 91.3 Å². The van der Waals surface area contributed by atoms with Crippen LogP contribution < -0.4 is 5.32 Å². The number of ketones is 1. The highest BCUT2D eigenvalue weighted by atomic mass is 16.4. The summed E-state index contributed by atoms with van der Waals surface area (Å²) in [6, 6.07) is 8.45. The molecule has 0 spiro atoms. The minimum absolute atomic E-state index is 0.0632. The summed E-state index contributed by atoms with van der Waals surface area (Å²) < 4.78 is 0. The van der Waals surface area contributed by atoms with Crippen LogP contribution in [0.2, 0.25) is 0 Å². The van der Waals surface area contributed by atoms with Crippen LogP contribution in [0.25, 0.3) is 0 Å². The maximum absolute atomic E-state index is 14.7. The molecule has 6 rings (SSSR count). The van der Waals surface area contributed by atoms with Gasteiger partial charge in [0.2, 0.25) is 5.91 Å². The summed E-state index contributed by atoms with van der Waals surface area (Å²) >= 11 is 0. The van der Waals surface area contributed by atoms with Gasteiger partial charge in [0.1, 0.15) is 6.04 Å². The highest BCUT2D eigenvalue weighted by Gasteiger charge is 2.70. The molecular formula is C40H57NO5. The Morgan fingerprint density at radius 1 is 0.935 bits per heavy atom. The van der Waals surface area contributed by atoms with E-state index in [1.54, 1.807) is 0 Å². The van der Waals surface area contributed by atoms with E-state index in [0.29, 0.717) is 24.7 Å². The largest absolute Gasteiger partial charge is 0.480 e. The lowest BCUT2D eigenvalue weighted by Gasteiger charge is -2.70. The van der Waals surface area contributed by atoms with Gasteiger partial charge in [0.05, 0.1) is 6.10 Å². The smallest absolute Gasteiger partial charge is 0.326 e. The first kappa shape index (κ1) is 33.4. The van der Waals surface area contributed by atoms with E-state index in [1.807, 2.05) is 43.3 Å². The summed E-state index contributed by atoms with van der Waals surface area (Å²) in [6.07, 6.45) is 8.73. The van der Waals surface area contributed by atoms with Crippen molar-refractivity contribution in [1.82, 2.24) is 5.32 Å². The maximum atomic E-state index is 14.7. The van der Waals surface area contributed by atoms with Gasteiger partial charge in [-0.25, -0.2) is 4.79 Å². The van der Waals surface area contributed by atoms with Gasteiger partial charge < -0.3 is 15.5 Å². The molecule has 4 fully saturated rings. The number of nitrogens with one attached hydrogen (secondary N) is 1. The summed E-state index contributed by atoms with van der Waals surface area (Å²) in [5.74, 6) is -0.110. The summed E-state index contributed by atoms with van der Waals surface area (Å²) in [7, 11) is 0. The number of carbonyl (C=O) groups is 3. The Morgan fingerprint density at radius 2 is 1.59 bits per heavy atom. The number of aliphatic carboxylic acids is 1. The molecule has 1 aromatic carbocycles. The second kappa shape index (κ2) is 10.8. The molecule has 4 saturated carbocycles. The topological polar surface area (TPSA) is 104 Å². The Hall–Kier alpha value is -2.47. The number of hydrogen-bond acceptors (Lipinski definition) is 4. The van der Waals surface area contributed by atoms with Crippen LogP contribution in [-0.2, 0) is 20.8 Å². The Labute approximate surface area is 276 Å². The van der Waals surface area contributed by atoms with Crippen molar-refractivity contribution in [1.29, 1.82) is 0 Å². The Balaban J connectivity index is 1.35. The monoisotopic (exact) mass is 631 g/mol. The highest BCUT2D eigenvalue weighted by molar-refractivity contribution is 5.95. The van der Waals surface area contributed by atoms with Gasteiger partial charge in [-0.05, 0) is 108 Å². The zero-order chi connectivity index (χ0) is 33.7. The predicted molar refractivity (Wildman–Crippen MR) is 180 cm³/mol. The first-order valence-electron chi connectivity index (χ1n) is 17.8. The van der Waals surface area contributed by atoms with Crippen LogP contribution in [0.1, 0.15) is 112 Å². The average Bonchev–Trinajstić information content (AvgIpc) is 2.96. The van der Waals surface area contributed by atoms with Crippen LogP contribution in [-0.4, -0.2) is 40.0 Å². The van der Waals surface area contributed by atoms with Crippen molar-refractivity contribution < 1.29 is 24.6 Å². The molecule has 0 aliphatic heterocycles. The van der Waals surface area contributed by atoms with Crippen molar-refractivity contribution in [2.75, 3.05) is 0 Å². The van der Waals surface area contributed by atoms with Crippen LogP contribution in [0.3, 0.4) is 0 Å². The SMILES string of the molecule is C[C@H]1C[C@@]2(C)CC[C@](C)(C(=O)N[C@H](Cc3ccccc3)C(=O)O)C[C@@]2(C)C2=CC(=O)[C@@H]3[C@@](C)(CC[C@H]4C(C)(C)[C@@H](O)CC[C@]34C)[C@H]21. The quantitative estimate of drug-likeness (QED) is 0.315. The lowest BCUT2D eigenvalue weighted by Crippen LogP contribution is -2.66. The van der Waals surface area contributed by atoms with E-state index in [9.17, 15) is 24.6 Å². The number of carboxylic acids is 1. The van der Waals surface area contributed by atoms with Crippen molar-refractivity contribution in [2.45, 2.75) is 125 Å². The average molecular weight is 632 g/mol. The van der Waals surface area contributed by atoms with Gasteiger partial charge in [0.15, 0.2) is 5.78 Å². The molecule has 1 aromatic rings. The fourth-order valence-corrected chi connectivity index (χ4v) is 12.7. The zero-order valence-corrected chi connectivity index (χ0v) is 29.4. The Morgan fingerprint density at radius 3 is 2.24 bits per heavy atom. The third-order valence-electron chi connectivity index (χ3n) is 15.1. The molecule has 6 heteroatoms. The number of rotatable bonds is 5. The third kappa shape index (κ3) is 4.70. The van der Waals surface area contributed by atoms with Gasteiger partial charge in [0.25, 0.3) is 0 Å². The van der Waals surface area contributed by atoms with Crippen molar-refractivity contribution in [3.8, 4) is 0 Å². The van der Waals surface area contributed by atoms with Crippen LogP contribution in [0, 0.1) is 56.2 Å². The van der Waals surface area contributed by atoms with Crippen molar-refractivity contribution in [3.05, 3.63) is 47.5 Å². The molecular weight excluding hydrogens is 574 g/mol. The molecule has 11 atom stereocenters. The molecule has 5 aliphatic rings. The highest BCUT2D eigenvalue weighted by Crippen LogP contribution is 2.75. The summed E-state index contributed by atoms with van der Waals surface area (Å²) in [5, 5.41) is 24.0. The number of carbonyl (C=O) groups excluding carboxylic acids is 2. The van der Waals surface area contributed by atoms with Gasteiger partial charge >= 0.3 is 5.97 Å². The number of amides is 1. The number of hydrogen-bond donors (Lipinski definition) is 3. The first-order valence-corrected chi connectivity index (χ1v) is 17.8. The molecule has 46 heavy (non-hydrogen) atoms. The van der Waals surface area contributed by atoms with E-state index < -0.39 is 17.4 Å². The van der Waals surface area contributed by atoms with E-state index in [-0.39, 0.29) is 63.1 Å². The van der Waals surface area contributed by atoms with E-state index in [0.717, 1.165) is 44.1 Å². The van der Waals surface area contributed by atoms with Crippen molar-refractivity contribution >= 4 is 17.7 Å². The molecule has 0 radical (unpaired) electrons. The lowest BCUT2D eigenvalue weighted by molar-refractivity contribution is -0.197. The summed E-state index contributed by atoms with van der Waals surface area (Å²) in [5.41, 5.74) is 0.360. The molecule has 0 aromatic heterocycles. The van der Waals surface area contributed by atoms with Crippen LogP contribution in [0.15, 0.2) is 42.0 Å². The Bertz CT molecular complexity index is 1450. The molecule has 252 valence electrons. The van der Waals surface area contributed by atoms with Crippen LogP contribution in [0.5, 0.6) is 0 Å². The fourth-order valence-electron chi connectivity index (χ4n) is 12.7. The molecule has 0 bridgehead atoms. The minimum Gasteiger partial charge on any atom is -0.480 e. The number of aliphatic hydroxyl groups excluding tert-OH is 1. The molecule has 0 heterocycles. The molecule has 0 saturated heterocycles. The molecule has 1 amide bonds. The van der Waals surface area contributed by atoms with Crippen molar-refractivity contribution in [3.63, 3.8) is 0 Å². The lowest BCUT2D eigenvalue weighted by atomic mass is 9.33. The fraction of sp³-hybridized carbons (Fsp3) is 0.725. The number of benzene rings is 1. The number of aliphatic hydroxyl groups is 1. The standard InChI is InChI=1S/C40H57NO5/c1-24-22-37(5)19-18-36(4,34(46)41-27(33(44)45)20-25-12-10-9-11-13-25)23-40(37,8)26-21-28(42)32-38(6)17-15-30(43)35(2,3)29(38)14-16-39(32,7)31(24)26/h9-13,21,24,27,29-32,43H,14-20,22-23H2,1-8H3,(H,41,46)(H,44,45)/t24-,27+,29-,30-,31-,32-,36-,37+,38-,39-,40-/m0/s1. The molecule has 5 aliphatic carbocycles. The summed E-state index contributed by atoms with van der Waals surface area (Å²) in [4.78, 5) is 41.1. The molecule has 3 N–H and O–H groups in total. The van der Waals surface area contributed by atoms with E-state index >= 15 is 0 Å². The zero-order valence-electron chi connectivity index (χ0n) is 29.4. The predicted octanol–water partition coefficient (Wildman–Crippen LogP) is 7.39. The maximum Gasteiger partial charge on any atom is 0.326 e. The number of carboxylic acid groups (broad SMARTS) is 1. The van der Waals surface area contributed by atoms with Crippen LogP contribution in [0.4, 0.5) is 0 Å². The number of fused-ring (bicyclic) bond motifs is 7. The van der Waals surface area contributed by atoms with Gasteiger partial charge in [-0.2, -0.15) is 0 Å². The van der Waals surface area contributed by atoms with Gasteiger partial charge in [-0.3, -0.25) is 9.59 Å². The first-order chi connectivity index (χ1) is 21.3. The number of allylic oxidation sites excluding steroid dienone is 2. The van der Waals surface area contributed by atoms with Crippen molar-refractivity contribution in [2.24, 2.45) is 56.2 Å². The second-order valence-electron chi connectivity index (χ2n) is 18.3. The Kier molecular flexibility index (Phi) is 7.83. The van der Waals surface area contributed by atoms with Gasteiger partial charge in [0, 0.05) is 17.8 Å². The van der Waals surface area contributed by atoms with Gasteiger partial charge in [-0.15, -0.1) is 0 Å². The van der Waals surface area contributed by atoms with E-state index in [2.05, 4.69) is 53.8 Å².